The Balaban J connectivity index is 1.92. The second-order valence-electron chi connectivity index (χ2n) is 7.70. The molecule has 1 fully saturated rings. The largest absolute Gasteiger partial charge is 0.342 e. The van der Waals surface area contributed by atoms with E-state index in [1.807, 2.05) is 31.9 Å². The molecule has 0 bridgehead atoms. The molecule has 1 amide bonds. The van der Waals surface area contributed by atoms with Crippen LogP contribution in [0.3, 0.4) is 0 Å². The summed E-state index contributed by atoms with van der Waals surface area (Å²) < 4.78 is 2.11. The topological polar surface area (TPSA) is 38.1 Å². The summed E-state index contributed by atoms with van der Waals surface area (Å²) in [4.78, 5) is 14.3. The fourth-order valence-corrected chi connectivity index (χ4v) is 2.96. The van der Waals surface area contributed by atoms with Crippen molar-refractivity contribution < 1.29 is 4.79 Å². The number of carbonyl (C=O) groups is 1. The van der Waals surface area contributed by atoms with Crippen LogP contribution in [0.15, 0.2) is 12.4 Å². The lowest BCUT2D eigenvalue weighted by atomic mass is 9.93. The van der Waals surface area contributed by atoms with Crippen LogP contribution in [0.5, 0.6) is 0 Å². The van der Waals surface area contributed by atoms with Crippen LogP contribution in [0.1, 0.15) is 59.1 Å². The molecule has 0 aliphatic carbocycles. The minimum Gasteiger partial charge on any atom is -0.342 e. The van der Waals surface area contributed by atoms with E-state index in [0.29, 0.717) is 12.0 Å². The van der Waals surface area contributed by atoms with Gasteiger partial charge in [0.25, 0.3) is 0 Å². The molecular weight excluding hydrogens is 262 g/mol. The first-order valence-electron chi connectivity index (χ1n) is 8.10. The van der Waals surface area contributed by atoms with Gasteiger partial charge in [0.1, 0.15) is 0 Å². The first-order chi connectivity index (χ1) is 9.77. The third-order valence-corrected chi connectivity index (χ3v) is 4.07. The highest BCUT2D eigenvalue weighted by Crippen LogP contribution is 2.26. The molecule has 0 spiro atoms. The Kier molecular flexibility index (Phi) is 4.74. The molecule has 0 radical (unpaired) electrons. The van der Waals surface area contributed by atoms with Crippen molar-refractivity contribution in [2.24, 2.45) is 11.3 Å². The Bertz CT molecular complexity index is 476. The predicted molar refractivity (Wildman–Crippen MR) is 85.1 cm³/mol. The van der Waals surface area contributed by atoms with Crippen molar-refractivity contribution in [1.82, 2.24) is 14.7 Å². The van der Waals surface area contributed by atoms with Gasteiger partial charge in [0.2, 0.25) is 5.91 Å². The summed E-state index contributed by atoms with van der Waals surface area (Å²) in [7, 11) is 0. The van der Waals surface area contributed by atoms with Gasteiger partial charge >= 0.3 is 0 Å². The van der Waals surface area contributed by atoms with Crippen molar-refractivity contribution in [3.63, 3.8) is 0 Å². The molecule has 1 saturated heterocycles. The molecule has 0 atom stereocenters. The van der Waals surface area contributed by atoms with Crippen LogP contribution in [0, 0.1) is 11.3 Å². The maximum atomic E-state index is 12.3. The number of hydrogen-bond donors (Lipinski definition) is 0. The molecule has 0 N–H and O–H groups in total. The molecule has 1 aliphatic heterocycles. The van der Waals surface area contributed by atoms with E-state index in [2.05, 4.69) is 29.8 Å². The number of piperidine rings is 1. The Hall–Kier alpha value is -1.32. The summed E-state index contributed by atoms with van der Waals surface area (Å²) in [6.45, 7) is 12.1. The SMILES string of the molecule is CC(C)Cc1cnn(C2CCN(C(=O)C(C)(C)C)CC2)c1. The molecule has 0 aromatic carbocycles. The fraction of sp³-hybridized carbons (Fsp3) is 0.765. The molecule has 4 heteroatoms. The van der Waals surface area contributed by atoms with Gasteiger partial charge in [-0.3, -0.25) is 9.48 Å². The molecule has 2 rings (SSSR count). The monoisotopic (exact) mass is 291 g/mol. The number of nitrogens with zero attached hydrogens (tertiary/aromatic N) is 3. The average Bonchev–Trinajstić information content (AvgIpc) is 2.84. The molecule has 118 valence electrons. The van der Waals surface area contributed by atoms with Crippen molar-refractivity contribution in [3.05, 3.63) is 18.0 Å². The van der Waals surface area contributed by atoms with Crippen LogP contribution in [0.25, 0.3) is 0 Å². The predicted octanol–water partition coefficient (Wildman–Crippen LogP) is 3.29. The standard InChI is InChI=1S/C17H29N3O/c1-13(2)10-14-11-18-20(12-14)15-6-8-19(9-7-15)16(21)17(3,4)5/h11-13,15H,6-10H2,1-5H3. The van der Waals surface area contributed by atoms with Crippen molar-refractivity contribution in [2.75, 3.05) is 13.1 Å². The number of amides is 1. The molecular formula is C17H29N3O. The first kappa shape index (κ1) is 16.1. The first-order valence-corrected chi connectivity index (χ1v) is 8.10. The zero-order chi connectivity index (χ0) is 15.6. The maximum absolute atomic E-state index is 12.3. The second-order valence-corrected chi connectivity index (χ2v) is 7.70. The lowest BCUT2D eigenvalue weighted by molar-refractivity contribution is -0.140. The average molecular weight is 291 g/mol. The second kappa shape index (κ2) is 6.20. The zero-order valence-electron chi connectivity index (χ0n) is 14.1. The maximum Gasteiger partial charge on any atom is 0.227 e. The quantitative estimate of drug-likeness (QED) is 0.857. The van der Waals surface area contributed by atoms with Gasteiger partial charge in [0.15, 0.2) is 0 Å². The van der Waals surface area contributed by atoms with E-state index in [0.717, 1.165) is 32.4 Å². The minimum absolute atomic E-state index is 0.266. The minimum atomic E-state index is -0.275. The van der Waals surface area contributed by atoms with E-state index < -0.39 is 0 Å². The molecule has 21 heavy (non-hydrogen) atoms. The highest BCUT2D eigenvalue weighted by atomic mass is 16.2. The lowest BCUT2D eigenvalue weighted by Crippen LogP contribution is -2.44. The van der Waals surface area contributed by atoms with Crippen LogP contribution in [-0.4, -0.2) is 33.7 Å². The summed E-state index contributed by atoms with van der Waals surface area (Å²) in [5.74, 6) is 0.927. The van der Waals surface area contributed by atoms with Gasteiger partial charge in [-0.05, 0) is 30.7 Å². The van der Waals surface area contributed by atoms with Gasteiger partial charge in [-0.2, -0.15) is 5.10 Å². The Morgan fingerprint density at radius 3 is 2.48 bits per heavy atom. The normalized spacial score (nSPS) is 17.5. The molecule has 1 aromatic rings. The Labute approximate surface area is 128 Å². The highest BCUT2D eigenvalue weighted by molar-refractivity contribution is 5.81. The number of carbonyl (C=O) groups excluding carboxylic acids is 1. The van der Waals surface area contributed by atoms with Gasteiger partial charge < -0.3 is 4.90 Å². The molecule has 2 heterocycles. The van der Waals surface area contributed by atoms with Gasteiger partial charge in [0, 0.05) is 24.7 Å². The third kappa shape index (κ3) is 4.08. The van der Waals surface area contributed by atoms with Gasteiger partial charge in [-0.25, -0.2) is 0 Å². The number of likely N-dealkylation sites (tertiary alicyclic amines) is 1. The zero-order valence-corrected chi connectivity index (χ0v) is 14.1. The molecule has 4 nitrogen and oxygen atoms in total. The summed E-state index contributed by atoms with van der Waals surface area (Å²) in [5.41, 5.74) is 1.04. The van der Waals surface area contributed by atoms with Gasteiger partial charge in [-0.15, -0.1) is 0 Å². The summed E-state index contributed by atoms with van der Waals surface area (Å²) in [5, 5.41) is 4.52. The summed E-state index contributed by atoms with van der Waals surface area (Å²) >= 11 is 0. The number of aromatic nitrogens is 2. The van der Waals surface area contributed by atoms with Crippen LogP contribution < -0.4 is 0 Å². The molecule has 1 aromatic heterocycles. The molecule has 1 aliphatic rings. The third-order valence-electron chi connectivity index (χ3n) is 4.07. The van der Waals surface area contributed by atoms with Crippen LogP contribution >= 0.6 is 0 Å². The summed E-state index contributed by atoms with van der Waals surface area (Å²) in [6, 6.07) is 0.440. The fourth-order valence-electron chi connectivity index (χ4n) is 2.96. The molecule has 0 saturated carbocycles. The van der Waals surface area contributed by atoms with Gasteiger partial charge in [-0.1, -0.05) is 34.6 Å². The van der Waals surface area contributed by atoms with E-state index in [9.17, 15) is 4.79 Å². The van der Waals surface area contributed by atoms with Crippen molar-refractivity contribution >= 4 is 5.91 Å². The Morgan fingerprint density at radius 1 is 1.33 bits per heavy atom. The number of rotatable bonds is 3. The van der Waals surface area contributed by atoms with E-state index in [4.69, 9.17) is 0 Å². The number of hydrogen-bond acceptors (Lipinski definition) is 2. The molecule has 0 unspecified atom stereocenters. The van der Waals surface area contributed by atoms with E-state index in [1.165, 1.54) is 5.56 Å². The lowest BCUT2D eigenvalue weighted by Gasteiger charge is -2.35. The van der Waals surface area contributed by atoms with Crippen LogP contribution in [0.4, 0.5) is 0 Å². The van der Waals surface area contributed by atoms with E-state index >= 15 is 0 Å². The van der Waals surface area contributed by atoms with Crippen molar-refractivity contribution in [1.29, 1.82) is 0 Å². The van der Waals surface area contributed by atoms with Crippen molar-refractivity contribution in [3.8, 4) is 0 Å². The van der Waals surface area contributed by atoms with E-state index in [1.54, 1.807) is 0 Å². The Morgan fingerprint density at radius 2 is 1.95 bits per heavy atom. The highest BCUT2D eigenvalue weighted by Gasteiger charge is 2.30. The van der Waals surface area contributed by atoms with E-state index in [-0.39, 0.29) is 11.3 Å². The van der Waals surface area contributed by atoms with Gasteiger partial charge in [0.05, 0.1) is 12.2 Å². The van der Waals surface area contributed by atoms with Crippen LogP contribution in [0.2, 0.25) is 0 Å². The summed E-state index contributed by atoms with van der Waals surface area (Å²) in [6.07, 6.45) is 7.27. The van der Waals surface area contributed by atoms with Crippen LogP contribution in [-0.2, 0) is 11.2 Å². The van der Waals surface area contributed by atoms with Crippen molar-refractivity contribution in [2.45, 2.75) is 59.9 Å². The smallest absolute Gasteiger partial charge is 0.227 e.